The number of amides is 1. The molecule has 162 valence electrons. The fraction of sp³-hybridized carbons (Fsp3) is 0.944. The van der Waals surface area contributed by atoms with Gasteiger partial charge in [0, 0.05) is 25.7 Å². The topological polar surface area (TPSA) is 94.2 Å². The minimum Gasteiger partial charge on any atom is -0.447 e. The summed E-state index contributed by atoms with van der Waals surface area (Å²) in [6.07, 6.45) is 0.536. The summed E-state index contributed by atoms with van der Waals surface area (Å²) < 4.78 is 41.6. The lowest BCUT2D eigenvalue weighted by Crippen LogP contribution is -2.47. The highest BCUT2D eigenvalue weighted by Crippen LogP contribution is 2.20. The molecule has 0 radical (unpaired) electrons. The quantitative estimate of drug-likeness (QED) is 0.562. The highest BCUT2D eigenvalue weighted by Gasteiger charge is 2.30. The molecule has 1 N–H and O–H groups in total. The van der Waals surface area contributed by atoms with Gasteiger partial charge in [0.1, 0.15) is 12.7 Å². The van der Waals surface area contributed by atoms with Gasteiger partial charge in [0.25, 0.3) is 0 Å². The Bertz CT molecular complexity index is 555. The van der Waals surface area contributed by atoms with E-state index in [9.17, 15) is 13.2 Å². The second-order valence-electron chi connectivity index (χ2n) is 8.59. The van der Waals surface area contributed by atoms with E-state index in [-0.39, 0.29) is 24.9 Å². The molecule has 0 bridgehead atoms. The van der Waals surface area contributed by atoms with Gasteiger partial charge in [-0.1, -0.05) is 0 Å². The molecule has 0 unspecified atom stereocenters. The van der Waals surface area contributed by atoms with Crippen LogP contribution in [0.4, 0.5) is 4.79 Å². The summed E-state index contributed by atoms with van der Waals surface area (Å²) in [5.74, 6) is 0. The molecule has 1 atom stereocenters. The van der Waals surface area contributed by atoms with Crippen LogP contribution < -0.4 is 4.72 Å². The smallest absolute Gasteiger partial charge is 0.410 e. The highest BCUT2D eigenvalue weighted by atomic mass is 32.2. The lowest BCUT2D eigenvalue weighted by atomic mass is 9.99. The Morgan fingerprint density at radius 2 is 1.70 bits per heavy atom. The molecular weight excluding hydrogens is 372 g/mol. The van der Waals surface area contributed by atoms with Gasteiger partial charge < -0.3 is 19.1 Å². The first kappa shape index (κ1) is 26.1. The van der Waals surface area contributed by atoms with Gasteiger partial charge in [-0.3, -0.25) is 0 Å². The second-order valence-corrected chi connectivity index (χ2v) is 10.4. The molecule has 0 aliphatic carbocycles. The van der Waals surface area contributed by atoms with Crippen molar-refractivity contribution in [2.45, 2.75) is 78.2 Å². The predicted molar refractivity (Wildman–Crippen MR) is 106 cm³/mol. The molecule has 0 aliphatic rings. The molecule has 1 amide bonds. The van der Waals surface area contributed by atoms with Crippen molar-refractivity contribution in [3.63, 3.8) is 0 Å². The Morgan fingerprint density at radius 3 is 2.15 bits per heavy atom. The van der Waals surface area contributed by atoms with Crippen molar-refractivity contribution in [2.75, 3.05) is 33.1 Å². The van der Waals surface area contributed by atoms with Gasteiger partial charge in [0.15, 0.2) is 0 Å². The van der Waals surface area contributed by atoms with Gasteiger partial charge >= 0.3 is 6.09 Å². The Balaban J connectivity index is 4.66. The maximum absolute atomic E-state index is 12.4. The summed E-state index contributed by atoms with van der Waals surface area (Å²) in [5.41, 5.74) is -0.690. The number of carbonyl (C=O) groups is 1. The first-order valence-corrected chi connectivity index (χ1v) is 11.1. The largest absolute Gasteiger partial charge is 0.447 e. The summed E-state index contributed by atoms with van der Waals surface area (Å²) in [6.45, 7) is 14.0. The van der Waals surface area contributed by atoms with E-state index < -0.39 is 27.8 Å². The van der Waals surface area contributed by atoms with Gasteiger partial charge in [0.05, 0.1) is 18.0 Å². The summed E-state index contributed by atoms with van der Waals surface area (Å²) in [5, 5.41) is 0. The van der Waals surface area contributed by atoms with Gasteiger partial charge in [0.2, 0.25) is 10.0 Å². The highest BCUT2D eigenvalue weighted by molar-refractivity contribution is 7.88. The van der Waals surface area contributed by atoms with E-state index in [2.05, 4.69) is 4.72 Å². The summed E-state index contributed by atoms with van der Waals surface area (Å²) in [4.78, 5) is 13.9. The van der Waals surface area contributed by atoms with Crippen LogP contribution in [0.2, 0.25) is 0 Å². The molecule has 27 heavy (non-hydrogen) atoms. The van der Waals surface area contributed by atoms with Crippen molar-refractivity contribution in [3.05, 3.63) is 0 Å². The fourth-order valence-electron chi connectivity index (χ4n) is 2.06. The molecule has 0 rings (SSSR count). The molecule has 0 saturated carbocycles. The molecule has 0 aliphatic heterocycles. The fourth-order valence-corrected chi connectivity index (χ4v) is 2.55. The van der Waals surface area contributed by atoms with Crippen molar-refractivity contribution in [1.29, 1.82) is 0 Å². The minimum atomic E-state index is -3.35. The third kappa shape index (κ3) is 13.0. The van der Waals surface area contributed by atoms with Crippen LogP contribution in [0, 0.1) is 0 Å². The Labute approximate surface area is 165 Å². The van der Waals surface area contributed by atoms with Crippen LogP contribution in [0.1, 0.15) is 54.9 Å². The Kier molecular flexibility index (Phi) is 10.2. The number of hydrogen-bond donors (Lipinski definition) is 1. The Hall–Kier alpha value is -0.900. The van der Waals surface area contributed by atoms with Crippen molar-refractivity contribution in [3.8, 4) is 0 Å². The average Bonchev–Trinajstić information content (AvgIpc) is 2.46. The van der Waals surface area contributed by atoms with E-state index in [1.165, 1.54) is 4.90 Å². The summed E-state index contributed by atoms with van der Waals surface area (Å²) in [6, 6.07) is 0. The van der Waals surface area contributed by atoms with Gasteiger partial charge in [-0.25, -0.2) is 17.9 Å². The van der Waals surface area contributed by atoms with Crippen molar-refractivity contribution in [1.82, 2.24) is 9.62 Å². The Morgan fingerprint density at radius 1 is 1.15 bits per heavy atom. The zero-order chi connectivity index (χ0) is 21.5. The zero-order valence-electron chi connectivity index (χ0n) is 18.3. The van der Waals surface area contributed by atoms with Crippen molar-refractivity contribution >= 4 is 16.1 Å². The molecule has 0 aromatic rings. The normalized spacial score (nSPS) is 14.3. The van der Waals surface area contributed by atoms with Crippen molar-refractivity contribution in [2.24, 2.45) is 0 Å². The standard InChI is InChI=1S/C18H38N2O6S/c1-14(2)26-15(12-19-27(9,22)23)13-24-16(21)20(8)18(6,7)10-11-25-17(3,4)5/h14-15,19H,10-13H2,1-9H3/t15-/m0/s1. The molecule has 0 spiro atoms. The monoisotopic (exact) mass is 410 g/mol. The number of nitrogens with one attached hydrogen (secondary N) is 1. The van der Waals surface area contributed by atoms with Crippen LogP contribution >= 0.6 is 0 Å². The van der Waals surface area contributed by atoms with Crippen molar-refractivity contribution < 1.29 is 27.4 Å². The molecule has 0 heterocycles. The van der Waals surface area contributed by atoms with E-state index in [0.29, 0.717) is 13.0 Å². The molecule has 0 aromatic heterocycles. The second kappa shape index (κ2) is 10.6. The van der Waals surface area contributed by atoms with Crippen LogP contribution in [0.25, 0.3) is 0 Å². The molecule has 0 saturated heterocycles. The van der Waals surface area contributed by atoms with Crippen LogP contribution in [0.5, 0.6) is 0 Å². The van der Waals surface area contributed by atoms with E-state index in [1.807, 2.05) is 48.5 Å². The van der Waals surface area contributed by atoms with Crippen LogP contribution in [-0.4, -0.2) is 75.8 Å². The molecule has 0 fully saturated rings. The maximum atomic E-state index is 12.4. The lowest BCUT2D eigenvalue weighted by Gasteiger charge is -2.36. The summed E-state index contributed by atoms with van der Waals surface area (Å²) >= 11 is 0. The third-order valence-electron chi connectivity index (χ3n) is 3.86. The first-order valence-electron chi connectivity index (χ1n) is 9.18. The zero-order valence-corrected chi connectivity index (χ0v) is 19.1. The van der Waals surface area contributed by atoms with Crippen LogP contribution in [0.3, 0.4) is 0 Å². The van der Waals surface area contributed by atoms with E-state index >= 15 is 0 Å². The lowest BCUT2D eigenvalue weighted by molar-refractivity contribution is -0.0384. The number of nitrogens with zero attached hydrogens (tertiary/aromatic N) is 1. The van der Waals surface area contributed by atoms with E-state index in [4.69, 9.17) is 14.2 Å². The minimum absolute atomic E-state index is 0.0385. The first-order chi connectivity index (χ1) is 12.0. The molecule has 9 heteroatoms. The van der Waals surface area contributed by atoms with E-state index in [0.717, 1.165) is 6.26 Å². The van der Waals surface area contributed by atoms with Crippen LogP contribution in [0.15, 0.2) is 0 Å². The van der Waals surface area contributed by atoms with Gasteiger partial charge in [-0.15, -0.1) is 0 Å². The predicted octanol–water partition coefficient (Wildman–Crippen LogP) is 2.38. The molecular formula is C18H38N2O6S. The van der Waals surface area contributed by atoms with Crippen LogP contribution in [-0.2, 0) is 24.2 Å². The molecule has 0 aromatic carbocycles. The number of hydrogen-bond acceptors (Lipinski definition) is 6. The SMILES string of the molecule is CC(C)O[C@@H](CNS(C)(=O)=O)COC(=O)N(C)C(C)(C)CCOC(C)(C)C. The average molecular weight is 411 g/mol. The van der Waals surface area contributed by atoms with Gasteiger partial charge in [-0.2, -0.15) is 0 Å². The number of ether oxygens (including phenoxy) is 3. The van der Waals surface area contributed by atoms with E-state index in [1.54, 1.807) is 7.05 Å². The number of carbonyl (C=O) groups excluding carboxylic acids is 1. The summed E-state index contributed by atoms with van der Waals surface area (Å²) in [7, 11) is -1.68. The third-order valence-corrected chi connectivity index (χ3v) is 4.55. The number of rotatable bonds is 11. The molecule has 8 nitrogen and oxygen atoms in total. The maximum Gasteiger partial charge on any atom is 0.410 e. The number of sulfonamides is 1. The van der Waals surface area contributed by atoms with Gasteiger partial charge in [-0.05, 0) is 54.9 Å².